The monoisotopic (exact) mass is 233 g/mol. The van der Waals surface area contributed by atoms with Crippen molar-refractivity contribution in [3.05, 3.63) is 29.8 Å². The molecule has 1 aromatic carbocycles. The molecule has 1 aromatic rings. The number of carboxylic acids is 1. The van der Waals surface area contributed by atoms with Crippen LogP contribution in [0.3, 0.4) is 0 Å². The lowest BCUT2D eigenvalue weighted by Gasteiger charge is -2.16. The molecule has 5 heteroatoms. The van der Waals surface area contributed by atoms with E-state index in [2.05, 4.69) is 10.3 Å². The molecule has 90 valence electrons. The third-order valence-corrected chi connectivity index (χ3v) is 2.63. The van der Waals surface area contributed by atoms with Gasteiger partial charge in [-0.25, -0.2) is 0 Å². The van der Waals surface area contributed by atoms with E-state index in [1.54, 1.807) is 11.9 Å². The summed E-state index contributed by atoms with van der Waals surface area (Å²) in [5, 5.41) is 11.9. The average molecular weight is 233 g/mol. The van der Waals surface area contributed by atoms with E-state index in [0.717, 1.165) is 30.2 Å². The van der Waals surface area contributed by atoms with Crippen molar-refractivity contribution in [2.75, 3.05) is 31.6 Å². The summed E-state index contributed by atoms with van der Waals surface area (Å²) in [6.45, 7) is 1.70. The fraction of sp³-hybridized carbons (Fsp3) is 0.333. The minimum atomic E-state index is -0.835. The lowest BCUT2D eigenvalue weighted by molar-refractivity contribution is -0.135. The highest BCUT2D eigenvalue weighted by Gasteiger charge is 2.09. The summed E-state index contributed by atoms with van der Waals surface area (Å²) in [6, 6.07) is 7.71. The third-order valence-electron chi connectivity index (χ3n) is 2.63. The standard InChI is InChI=1S/C12H15N3O2/c1-15(8-11(16)17)10-4-2-9(3-5-10)12-13-6-7-14-12/h2-5H,6-8H2,1H3,(H,13,14)(H,16,17). The molecule has 0 saturated carbocycles. The number of anilines is 1. The summed E-state index contributed by atoms with van der Waals surface area (Å²) in [5.74, 6) is 0.0795. The molecule has 0 spiro atoms. The summed E-state index contributed by atoms with van der Waals surface area (Å²) in [5.41, 5.74) is 1.92. The second-order valence-corrected chi connectivity index (χ2v) is 3.95. The van der Waals surface area contributed by atoms with Crippen LogP contribution in [0.2, 0.25) is 0 Å². The van der Waals surface area contributed by atoms with E-state index in [1.165, 1.54) is 0 Å². The molecule has 0 fully saturated rings. The molecule has 0 aliphatic carbocycles. The first kappa shape index (κ1) is 11.4. The van der Waals surface area contributed by atoms with Crippen LogP contribution in [0.4, 0.5) is 5.69 Å². The zero-order valence-electron chi connectivity index (χ0n) is 9.68. The van der Waals surface area contributed by atoms with Crippen LogP contribution in [0.1, 0.15) is 5.56 Å². The van der Waals surface area contributed by atoms with Crippen molar-refractivity contribution in [3.63, 3.8) is 0 Å². The number of likely N-dealkylation sites (N-methyl/N-ethyl adjacent to an activating group) is 1. The molecule has 2 rings (SSSR count). The van der Waals surface area contributed by atoms with Gasteiger partial charge in [-0.05, 0) is 24.3 Å². The summed E-state index contributed by atoms with van der Waals surface area (Å²) in [4.78, 5) is 16.6. The van der Waals surface area contributed by atoms with Gasteiger partial charge in [0.2, 0.25) is 0 Å². The average Bonchev–Trinajstić information content (AvgIpc) is 2.82. The molecule has 2 N–H and O–H groups in total. The van der Waals surface area contributed by atoms with Crippen LogP contribution in [-0.2, 0) is 4.79 Å². The highest BCUT2D eigenvalue weighted by atomic mass is 16.4. The number of aliphatic carboxylic acids is 1. The Labute approximate surface area is 99.8 Å². The van der Waals surface area contributed by atoms with E-state index in [0.29, 0.717) is 0 Å². The fourth-order valence-electron chi connectivity index (χ4n) is 1.76. The van der Waals surface area contributed by atoms with Crippen LogP contribution in [0.15, 0.2) is 29.3 Å². The van der Waals surface area contributed by atoms with Gasteiger partial charge in [0.1, 0.15) is 12.4 Å². The summed E-state index contributed by atoms with van der Waals surface area (Å²) < 4.78 is 0. The summed E-state index contributed by atoms with van der Waals surface area (Å²) in [6.07, 6.45) is 0. The topological polar surface area (TPSA) is 64.9 Å². The number of hydrogen-bond donors (Lipinski definition) is 2. The molecule has 0 aromatic heterocycles. The molecular formula is C12H15N3O2. The second-order valence-electron chi connectivity index (χ2n) is 3.95. The van der Waals surface area contributed by atoms with Crippen molar-refractivity contribution in [1.82, 2.24) is 5.32 Å². The summed E-state index contributed by atoms with van der Waals surface area (Å²) >= 11 is 0. The molecule has 1 aliphatic heterocycles. The zero-order chi connectivity index (χ0) is 12.3. The number of aliphatic imine (C=N–C) groups is 1. The van der Waals surface area contributed by atoms with Crippen LogP contribution in [0.25, 0.3) is 0 Å². The number of hydrogen-bond acceptors (Lipinski definition) is 4. The molecule has 1 aliphatic rings. The predicted octanol–water partition coefficient (Wildman–Crippen LogP) is 0.557. The Bertz CT molecular complexity index is 440. The first-order valence-electron chi connectivity index (χ1n) is 5.48. The SMILES string of the molecule is CN(CC(=O)O)c1ccc(C2=NCCN2)cc1. The van der Waals surface area contributed by atoms with Crippen molar-refractivity contribution >= 4 is 17.5 Å². The maximum Gasteiger partial charge on any atom is 0.323 e. The van der Waals surface area contributed by atoms with Gasteiger partial charge in [0.25, 0.3) is 0 Å². The van der Waals surface area contributed by atoms with E-state index >= 15 is 0 Å². The van der Waals surface area contributed by atoms with Gasteiger partial charge in [0, 0.05) is 24.8 Å². The molecule has 5 nitrogen and oxygen atoms in total. The molecule has 17 heavy (non-hydrogen) atoms. The Morgan fingerprint density at radius 3 is 2.71 bits per heavy atom. The Morgan fingerprint density at radius 2 is 2.18 bits per heavy atom. The van der Waals surface area contributed by atoms with Gasteiger partial charge in [-0.1, -0.05) is 0 Å². The van der Waals surface area contributed by atoms with E-state index in [1.807, 2.05) is 24.3 Å². The molecule has 0 unspecified atom stereocenters. The molecule has 0 atom stereocenters. The van der Waals surface area contributed by atoms with Crippen LogP contribution < -0.4 is 10.2 Å². The fourth-order valence-corrected chi connectivity index (χ4v) is 1.76. The third kappa shape index (κ3) is 2.75. The Kier molecular flexibility index (Phi) is 3.27. The molecule has 0 bridgehead atoms. The number of nitrogens with one attached hydrogen (secondary N) is 1. The van der Waals surface area contributed by atoms with Crippen molar-refractivity contribution in [3.8, 4) is 0 Å². The van der Waals surface area contributed by atoms with E-state index in [-0.39, 0.29) is 6.54 Å². The minimum absolute atomic E-state index is 0.00145. The first-order chi connectivity index (χ1) is 8.16. The van der Waals surface area contributed by atoms with Gasteiger partial charge in [-0.2, -0.15) is 0 Å². The van der Waals surface area contributed by atoms with Crippen LogP contribution in [0, 0.1) is 0 Å². The minimum Gasteiger partial charge on any atom is -0.480 e. The van der Waals surface area contributed by atoms with Gasteiger partial charge in [0.15, 0.2) is 0 Å². The number of carboxylic acid groups (broad SMARTS) is 1. The number of benzene rings is 1. The van der Waals surface area contributed by atoms with Gasteiger partial charge >= 0.3 is 5.97 Å². The lowest BCUT2D eigenvalue weighted by atomic mass is 10.2. The maximum absolute atomic E-state index is 10.6. The maximum atomic E-state index is 10.6. The quantitative estimate of drug-likeness (QED) is 0.797. The Hall–Kier alpha value is -2.04. The molecular weight excluding hydrogens is 218 g/mol. The molecule has 0 amide bonds. The van der Waals surface area contributed by atoms with Crippen LogP contribution in [-0.4, -0.2) is 43.6 Å². The van der Waals surface area contributed by atoms with Gasteiger partial charge in [-0.15, -0.1) is 0 Å². The van der Waals surface area contributed by atoms with Crippen LogP contribution in [0.5, 0.6) is 0 Å². The first-order valence-corrected chi connectivity index (χ1v) is 5.48. The van der Waals surface area contributed by atoms with Gasteiger partial charge in [0.05, 0.1) is 6.54 Å². The zero-order valence-corrected chi connectivity index (χ0v) is 9.68. The number of carbonyl (C=O) groups is 1. The van der Waals surface area contributed by atoms with Crippen LogP contribution >= 0.6 is 0 Å². The van der Waals surface area contributed by atoms with Crippen molar-refractivity contribution < 1.29 is 9.90 Å². The highest BCUT2D eigenvalue weighted by Crippen LogP contribution is 2.14. The molecule has 0 radical (unpaired) electrons. The lowest BCUT2D eigenvalue weighted by Crippen LogP contribution is -2.25. The number of nitrogens with zero attached hydrogens (tertiary/aromatic N) is 2. The van der Waals surface area contributed by atoms with Crippen molar-refractivity contribution in [1.29, 1.82) is 0 Å². The normalized spacial score (nSPS) is 14.1. The van der Waals surface area contributed by atoms with Crippen molar-refractivity contribution in [2.24, 2.45) is 4.99 Å². The molecule has 1 heterocycles. The van der Waals surface area contributed by atoms with E-state index in [9.17, 15) is 4.79 Å². The van der Waals surface area contributed by atoms with Gasteiger partial charge in [-0.3, -0.25) is 9.79 Å². The second kappa shape index (κ2) is 4.86. The van der Waals surface area contributed by atoms with E-state index < -0.39 is 5.97 Å². The predicted molar refractivity (Wildman–Crippen MR) is 66.8 cm³/mol. The number of rotatable bonds is 4. The largest absolute Gasteiger partial charge is 0.480 e. The Morgan fingerprint density at radius 1 is 1.47 bits per heavy atom. The van der Waals surface area contributed by atoms with Gasteiger partial charge < -0.3 is 15.3 Å². The highest BCUT2D eigenvalue weighted by molar-refractivity contribution is 6.00. The number of amidine groups is 1. The summed E-state index contributed by atoms with van der Waals surface area (Å²) in [7, 11) is 1.76. The smallest absolute Gasteiger partial charge is 0.323 e. The van der Waals surface area contributed by atoms with Crippen molar-refractivity contribution in [2.45, 2.75) is 0 Å². The Balaban J connectivity index is 2.09. The molecule has 0 saturated heterocycles. The van der Waals surface area contributed by atoms with E-state index in [4.69, 9.17) is 5.11 Å².